The molecule has 21 heavy (non-hydrogen) atoms. The Morgan fingerprint density at radius 2 is 1.76 bits per heavy atom. The molecule has 0 aliphatic heterocycles. The van der Waals surface area contributed by atoms with Crippen molar-refractivity contribution in [2.45, 2.75) is 26.2 Å². The Balaban J connectivity index is 2.51. The van der Waals surface area contributed by atoms with Gasteiger partial charge in [-0.15, -0.1) is 0 Å². The molecule has 0 aliphatic carbocycles. The molecular formula is C18H19FO2. The first-order valence-electron chi connectivity index (χ1n) is 6.96. The van der Waals surface area contributed by atoms with Gasteiger partial charge in [-0.3, -0.25) is 4.79 Å². The third-order valence-electron chi connectivity index (χ3n) is 4.25. The first-order valence-corrected chi connectivity index (χ1v) is 6.96. The van der Waals surface area contributed by atoms with Gasteiger partial charge < -0.3 is 5.11 Å². The van der Waals surface area contributed by atoms with Gasteiger partial charge in [0.05, 0.1) is 5.41 Å². The summed E-state index contributed by atoms with van der Waals surface area (Å²) in [6.45, 7) is 5.30. The quantitative estimate of drug-likeness (QED) is 0.899. The molecule has 1 unspecified atom stereocenters. The Bertz CT molecular complexity index is 650. The number of rotatable bonds is 4. The van der Waals surface area contributed by atoms with E-state index in [1.165, 1.54) is 6.07 Å². The summed E-state index contributed by atoms with van der Waals surface area (Å²) in [5.74, 6) is -1.48. The van der Waals surface area contributed by atoms with Crippen molar-refractivity contribution in [2.24, 2.45) is 5.92 Å². The van der Waals surface area contributed by atoms with Crippen LogP contribution < -0.4 is 0 Å². The molecule has 2 aromatic rings. The molecule has 0 bridgehead atoms. The van der Waals surface area contributed by atoms with Crippen LogP contribution in [0.25, 0.3) is 11.1 Å². The first kappa shape index (κ1) is 15.2. The highest BCUT2D eigenvalue weighted by Crippen LogP contribution is 2.34. The molecule has 2 rings (SSSR count). The fourth-order valence-electron chi connectivity index (χ4n) is 2.39. The summed E-state index contributed by atoms with van der Waals surface area (Å²) in [5, 5.41) is 9.51. The van der Waals surface area contributed by atoms with Gasteiger partial charge in [0.25, 0.3) is 0 Å². The Morgan fingerprint density at radius 3 is 2.24 bits per heavy atom. The molecule has 0 radical (unpaired) electrons. The highest BCUT2D eigenvalue weighted by molar-refractivity contribution is 5.81. The largest absolute Gasteiger partial charge is 0.481 e. The van der Waals surface area contributed by atoms with Crippen molar-refractivity contribution in [3.05, 3.63) is 59.9 Å². The first-order chi connectivity index (χ1) is 9.87. The number of hydrogen-bond donors (Lipinski definition) is 1. The van der Waals surface area contributed by atoms with Crippen LogP contribution in [0.15, 0.2) is 48.5 Å². The van der Waals surface area contributed by atoms with Gasteiger partial charge in [0.2, 0.25) is 0 Å². The zero-order valence-electron chi connectivity index (χ0n) is 12.4. The Hall–Kier alpha value is -2.16. The molecular weight excluding hydrogens is 267 g/mol. The van der Waals surface area contributed by atoms with Gasteiger partial charge in [0.1, 0.15) is 5.82 Å². The molecule has 0 spiro atoms. The van der Waals surface area contributed by atoms with E-state index in [1.54, 1.807) is 19.1 Å². The van der Waals surface area contributed by atoms with Crippen molar-refractivity contribution >= 4 is 5.97 Å². The molecule has 0 aromatic heterocycles. The van der Waals surface area contributed by atoms with Gasteiger partial charge in [-0.25, -0.2) is 4.39 Å². The number of benzene rings is 2. The topological polar surface area (TPSA) is 37.3 Å². The van der Waals surface area contributed by atoms with E-state index < -0.39 is 17.2 Å². The summed E-state index contributed by atoms with van der Waals surface area (Å²) >= 11 is 0. The third-order valence-corrected chi connectivity index (χ3v) is 4.25. The molecule has 0 saturated carbocycles. The highest BCUT2D eigenvalue weighted by Gasteiger charge is 2.38. The number of aliphatic carboxylic acids is 1. The van der Waals surface area contributed by atoms with E-state index in [9.17, 15) is 14.3 Å². The Morgan fingerprint density at radius 1 is 1.14 bits per heavy atom. The van der Waals surface area contributed by atoms with E-state index in [-0.39, 0.29) is 5.92 Å². The smallest absolute Gasteiger partial charge is 0.314 e. The standard InChI is InChI=1S/C18H19FO2/c1-12(2)18(3,17(20)21)14-9-10-15(16(19)11-14)13-7-5-4-6-8-13/h4-12H,1-3H3,(H,20,21). The molecule has 1 N–H and O–H groups in total. The number of halogens is 1. The maximum Gasteiger partial charge on any atom is 0.314 e. The fraction of sp³-hybridized carbons (Fsp3) is 0.278. The van der Waals surface area contributed by atoms with Crippen LogP contribution in [0, 0.1) is 11.7 Å². The maximum atomic E-state index is 14.4. The second-order valence-corrected chi connectivity index (χ2v) is 5.72. The van der Waals surface area contributed by atoms with E-state index in [0.29, 0.717) is 11.1 Å². The van der Waals surface area contributed by atoms with Crippen molar-refractivity contribution in [2.75, 3.05) is 0 Å². The molecule has 2 nitrogen and oxygen atoms in total. The number of carboxylic acid groups (broad SMARTS) is 1. The second kappa shape index (κ2) is 5.68. The van der Waals surface area contributed by atoms with Crippen LogP contribution in [0.1, 0.15) is 26.3 Å². The highest BCUT2D eigenvalue weighted by atomic mass is 19.1. The van der Waals surface area contributed by atoms with Crippen LogP contribution >= 0.6 is 0 Å². The molecule has 0 aliphatic rings. The van der Waals surface area contributed by atoms with Crippen LogP contribution in [0.4, 0.5) is 4.39 Å². The van der Waals surface area contributed by atoms with Crippen LogP contribution in [-0.4, -0.2) is 11.1 Å². The summed E-state index contributed by atoms with van der Waals surface area (Å²) in [6.07, 6.45) is 0. The van der Waals surface area contributed by atoms with Crippen molar-refractivity contribution in [1.29, 1.82) is 0 Å². The predicted molar refractivity (Wildman–Crippen MR) is 81.7 cm³/mol. The van der Waals surface area contributed by atoms with E-state index in [2.05, 4.69) is 0 Å². The average Bonchev–Trinajstić information content (AvgIpc) is 2.46. The zero-order chi connectivity index (χ0) is 15.6. The number of carboxylic acids is 1. The lowest BCUT2D eigenvalue weighted by atomic mass is 9.73. The van der Waals surface area contributed by atoms with Gasteiger partial charge in [0.15, 0.2) is 0 Å². The van der Waals surface area contributed by atoms with E-state index in [1.807, 2.05) is 44.2 Å². The third kappa shape index (κ3) is 2.68. The lowest BCUT2D eigenvalue weighted by Crippen LogP contribution is -2.37. The minimum absolute atomic E-state index is 0.142. The SMILES string of the molecule is CC(C)C(C)(C(=O)O)c1ccc(-c2ccccc2)c(F)c1. The summed E-state index contributed by atoms with van der Waals surface area (Å²) < 4.78 is 14.4. The normalized spacial score (nSPS) is 14.0. The van der Waals surface area contributed by atoms with Crippen molar-refractivity contribution < 1.29 is 14.3 Å². The van der Waals surface area contributed by atoms with Crippen molar-refractivity contribution in [3.63, 3.8) is 0 Å². The molecule has 0 amide bonds. The molecule has 1 atom stereocenters. The fourth-order valence-corrected chi connectivity index (χ4v) is 2.39. The molecule has 2 aromatic carbocycles. The minimum Gasteiger partial charge on any atom is -0.481 e. The Kier molecular flexibility index (Phi) is 4.12. The lowest BCUT2D eigenvalue weighted by Gasteiger charge is -2.29. The lowest BCUT2D eigenvalue weighted by molar-refractivity contribution is -0.145. The van der Waals surface area contributed by atoms with E-state index >= 15 is 0 Å². The Labute approximate surface area is 124 Å². The zero-order valence-corrected chi connectivity index (χ0v) is 12.4. The van der Waals surface area contributed by atoms with E-state index in [4.69, 9.17) is 0 Å². The molecule has 110 valence electrons. The van der Waals surface area contributed by atoms with Crippen molar-refractivity contribution in [1.82, 2.24) is 0 Å². The number of hydrogen-bond acceptors (Lipinski definition) is 1. The van der Waals surface area contributed by atoms with Crippen LogP contribution in [0.2, 0.25) is 0 Å². The maximum absolute atomic E-state index is 14.4. The van der Waals surface area contributed by atoms with Gasteiger partial charge in [-0.1, -0.05) is 56.3 Å². The van der Waals surface area contributed by atoms with Crippen LogP contribution in [-0.2, 0) is 10.2 Å². The summed E-state index contributed by atoms with van der Waals surface area (Å²) in [6, 6.07) is 13.9. The predicted octanol–water partition coefficient (Wildman–Crippen LogP) is 4.49. The van der Waals surface area contributed by atoms with Crippen LogP contribution in [0.5, 0.6) is 0 Å². The minimum atomic E-state index is -1.10. The average molecular weight is 286 g/mol. The van der Waals surface area contributed by atoms with Gasteiger partial charge in [-0.05, 0) is 30.0 Å². The molecule has 0 fully saturated rings. The molecule has 3 heteroatoms. The molecule has 0 heterocycles. The monoisotopic (exact) mass is 286 g/mol. The number of carbonyl (C=O) groups is 1. The van der Waals surface area contributed by atoms with E-state index in [0.717, 1.165) is 5.56 Å². The van der Waals surface area contributed by atoms with Gasteiger partial charge in [-0.2, -0.15) is 0 Å². The summed E-state index contributed by atoms with van der Waals surface area (Å²) in [7, 11) is 0. The van der Waals surface area contributed by atoms with Crippen molar-refractivity contribution in [3.8, 4) is 11.1 Å². The van der Waals surface area contributed by atoms with Gasteiger partial charge >= 0.3 is 5.97 Å². The second-order valence-electron chi connectivity index (χ2n) is 5.72. The van der Waals surface area contributed by atoms with Gasteiger partial charge in [0, 0.05) is 5.56 Å². The summed E-state index contributed by atoms with van der Waals surface area (Å²) in [5.41, 5.74) is 0.650. The molecule has 0 saturated heterocycles. The summed E-state index contributed by atoms with van der Waals surface area (Å²) in [4.78, 5) is 11.6. The van der Waals surface area contributed by atoms with Crippen LogP contribution in [0.3, 0.4) is 0 Å².